The van der Waals surface area contributed by atoms with Gasteiger partial charge in [-0.05, 0) is 39.5 Å². The Morgan fingerprint density at radius 3 is 2.75 bits per heavy atom. The van der Waals surface area contributed by atoms with Gasteiger partial charge >= 0.3 is 0 Å². The second-order valence-corrected chi connectivity index (χ2v) is 6.87. The van der Waals surface area contributed by atoms with E-state index in [0.717, 1.165) is 57.8 Å². The number of allylic oxidation sites excluding steroid dienone is 1. The molecule has 0 aromatic carbocycles. The molecule has 0 aromatic rings. The highest BCUT2D eigenvalue weighted by Gasteiger charge is 2.31. The van der Waals surface area contributed by atoms with E-state index in [2.05, 4.69) is 39.6 Å². The first kappa shape index (κ1) is 18.8. The maximum Gasteiger partial charge on any atom is 0.225 e. The summed E-state index contributed by atoms with van der Waals surface area (Å²) in [4.78, 5) is 19.3. The first-order valence-corrected chi connectivity index (χ1v) is 9.69. The number of nitrogens with one attached hydrogen (secondary N) is 2. The maximum atomic E-state index is 12.6. The topological polar surface area (TPSA) is 56.7 Å². The lowest BCUT2D eigenvalue weighted by Crippen LogP contribution is -2.45. The van der Waals surface area contributed by atoms with Gasteiger partial charge < -0.3 is 15.5 Å². The Labute approximate surface area is 147 Å². The second-order valence-electron chi connectivity index (χ2n) is 6.87. The summed E-state index contributed by atoms with van der Waals surface area (Å²) in [6.07, 6.45) is 12.1. The number of hydrogen-bond acceptors (Lipinski definition) is 2. The van der Waals surface area contributed by atoms with Crippen molar-refractivity contribution in [1.82, 2.24) is 15.5 Å². The van der Waals surface area contributed by atoms with Crippen LogP contribution in [0, 0.1) is 5.92 Å². The molecule has 1 unspecified atom stereocenters. The predicted molar refractivity (Wildman–Crippen MR) is 100 cm³/mol. The van der Waals surface area contributed by atoms with Crippen LogP contribution in [0.25, 0.3) is 0 Å². The van der Waals surface area contributed by atoms with E-state index in [9.17, 15) is 4.79 Å². The largest absolute Gasteiger partial charge is 0.357 e. The number of nitrogens with zero attached hydrogens (tertiary/aromatic N) is 2. The van der Waals surface area contributed by atoms with Gasteiger partial charge in [0.2, 0.25) is 5.91 Å². The molecule has 2 N–H and O–H groups in total. The van der Waals surface area contributed by atoms with Crippen molar-refractivity contribution in [2.24, 2.45) is 10.9 Å². The van der Waals surface area contributed by atoms with Crippen molar-refractivity contribution in [3.05, 3.63) is 12.2 Å². The lowest BCUT2D eigenvalue weighted by atomic mass is 9.88. The van der Waals surface area contributed by atoms with Gasteiger partial charge in [-0.15, -0.1) is 0 Å². The lowest BCUT2D eigenvalue weighted by Gasteiger charge is -2.26. The molecule has 2 rings (SSSR count). The first-order chi connectivity index (χ1) is 11.7. The van der Waals surface area contributed by atoms with E-state index in [0.29, 0.717) is 11.9 Å². The summed E-state index contributed by atoms with van der Waals surface area (Å²) in [5, 5.41) is 6.81. The van der Waals surface area contributed by atoms with Crippen molar-refractivity contribution in [1.29, 1.82) is 0 Å². The number of carbonyl (C=O) groups is 1. The fourth-order valence-corrected chi connectivity index (χ4v) is 3.62. The van der Waals surface area contributed by atoms with E-state index < -0.39 is 0 Å². The number of likely N-dealkylation sites (tertiary alicyclic amines) is 1. The lowest BCUT2D eigenvalue weighted by molar-refractivity contribution is -0.135. The highest BCUT2D eigenvalue weighted by Crippen LogP contribution is 2.26. The highest BCUT2D eigenvalue weighted by molar-refractivity contribution is 5.81. The Balaban J connectivity index is 1.80. The maximum absolute atomic E-state index is 12.6. The van der Waals surface area contributed by atoms with Gasteiger partial charge in [-0.25, -0.2) is 0 Å². The Hall–Kier alpha value is -1.52. The van der Waals surface area contributed by atoms with Crippen molar-refractivity contribution in [2.45, 2.75) is 64.8 Å². The highest BCUT2D eigenvalue weighted by atomic mass is 16.2. The van der Waals surface area contributed by atoms with E-state index in [-0.39, 0.29) is 5.92 Å². The number of carbonyl (C=O) groups excluding carboxylic acids is 1. The molecule has 2 aliphatic rings. The number of hydrogen-bond donors (Lipinski definition) is 2. The number of rotatable bonds is 6. The molecular weight excluding hydrogens is 300 g/mol. The van der Waals surface area contributed by atoms with Gasteiger partial charge in [-0.3, -0.25) is 9.79 Å². The number of aliphatic imine (C=N–C) groups is 1. The molecule has 5 nitrogen and oxygen atoms in total. The summed E-state index contributed by atoms with van der Waals surface area (Å²) in [5.74, 6) is 1.54. The van der Waals surface area contributed by atoms with Crippen LogP contribution in [0.15, 0.2) is 17.1 Å². The van der Waals surface area contributed by atoms with Crippen LogP contribution in [0.5, 0.6) is 0 Å². The fraction of sp³-hybridized carbons (Fsp3) is 0.789. The third-order valence-corrected chi connectivity index (χ3v) is 4.94. The van der Waals surface area contributed by atoms with Gasteiger partial charge in [-0.2, -0.15) is 0 Å². The number of amides is 1. The third kappa shape index (κ3) is 5.84. The molecular formula is C19H34N4O. The minimum Gasteiger partial charge on any atom is -0.357 e. The Kier molecular flexibility index (Phi) is 8.13. The predicted octanol–water partition coefficient (Wildman–Crippen LogP) is 2.69. The zero-order chi connectivity index (χ0) is 17.2. The molecule has 136 valence electrons. The van der Waals surface area contributed by atoms with Crippen LogP contribution < -0.4 is 10.6 Å². The summed E-state index contributed by atoms with van der Waals surface area (Å²) in [6, 6.07) is 0.317. The zero-order valence-electron chi connectivity index (χ0n) is 15.4. The van der Waals surface area contributed by atoms with Crippen LogP contribution in [0.4, 0.5) is 0 Å². The SMILES string of the molecule is C/C=C/CCN=C(NCC)NC1CCN(C(=O)C2CCCCC2)C1. The van der Waals surface area contributed by atoms with Crippen LogP contribution in [0.2, 0.25) is 0 Å². The van der Waals surface area contributed by atoms with E-state index >= 15 is 0 Å². The molecule has 1 saturated carbocycles. The average molecular weight is 335 g/mol. The van der Waals surface area contributed by atoms with Crippen molar-refractivity contribution >= 4 is 11.9 Å². The molecule has 0 aromatic heterocycles. The van der Waals surface area contributed by atoms with Crippen molar-refractivity contribution in [2.75, 3.05) is 26.2 Å². The fourth-order valence-electron chi connectivity index (χ4n) is 3.62. The van der Waals surface area contributed by atoms with E-state index in [1.807, 2.05) is 6.92 Å². The van der Waals surface area contributed by atoms with E-state index in [4.69, 9.17) is 0 Å². The summed E-state index contributed by atoms with van der Waals surface area (Å²) in [6.45, 7) is 7.45. The molecule has 24 heavy (non-hydrogen) atoms. The first-order valence-electron chi connectivity index (χ1n) is 9.69. The Morgan fingerprint density at radius 1 is 1.25 bits per heavy atom. The van der Waals surface area contributed by atoms with E-state index in [1.165, 1.54) is 19.3 Å². The summed E-state index contributed by atoms with van der Waals surface area (Å²) in [5.41, 5.74) is 0. The van der Waals surface area contributed by atoms with Gasteiger partial charge in [0, 0.05) is 38.1 Å². The van der Waals surface area contributed by atoms with Crippen LogP contribution >= 0.6 is 0 Å². The van der Waals surface area contributed by atoms with Gasteiger partial charge in [0.1, 0.15) is 0 Å². The Morgan fingerprint density at radius 2 is 2.04 bits per heavy atom. The molecule has 5 heteroatoms. The van der Waals surface area contributed by atoms with Gasteiger partial charge in [0.15, 0.2) is 5.96 Å². The van der Waals surface area contributed by atoms with Crippen molar-refractivity contribution in [3.63, 3.8) is 0 Å². The summed E-state index contributed by atoms with van der Waals surface area (Å²) < 4.78 is 0. The quantitative estimate of drug-likeness (QED) is 0.340. The van der Waals surface area contributed by atoms with Gasteiger partial charge in [0.05, 0.1) is 0 Å². The summed E-state index contributed by atoms with van der Waals surface area (Å²) in [7, 11) is 0. The molecule has 1 atom stereocenters. The molecule has 0 radical (unpaired) electrons. The zero-order valence-corrected chi connectivity index (χ0v) is 15.4. The average Bonchev–Trinajstić information content (AvgIpc) is 3.07. The van der Waals surface area contributed by atoms with Crippen LogP contribution in [-0.2, 0) is 4.79 Å². The normalized spacial score (nSPS) is 23.0. The molecule has 1 heterocycles. The molecule has 2 fully saturated rings. The molecule has 1 amide bonds. The molecule has 1 saturated heterocycles. The van der Waals surface area contributed by atoms with Gasteiger partial charge in [-0.1, -0.05) is 31.4 Å². The summed E-state index contributed by atoms with van der Waals surface area (Å²) >= 11 is 0. The van der Waals surface area contributed by atoms with Crippen LogP contribution in [0.1, 0.15) is 58.8 Å². The molecule has 0 bridgehead atoms. The van der Waals surface area contributed by atoms with Gasteiger partial charge in [0.25, 0.3) is 0 Å². The molecule has 0 spiro atoms. The third-order valence-electron chi connectivity index (χ3n) is 4.94. The number of guanidine groups is 1. The minimum absolute atomic E-state index is 0.278. The van der Waals surface area contributed by atoms with Crippen molar-refractivity contribution < 1.29 is 4.79 Å². The van der Waals surface area contributed by atoms with E-state index in [1.54, 1.807) is 0 Å². The second kappa shape index (κ2) is 10.4. The monoisotopic (exact) mass is 334 g/mol. The molecule has 1 aliphatic heterocycles. The minimum atomic E-state index is 0.278. The van der Waals surface area contributed by atoms with Crippen molar-refractivity contribution in [3.8, 4) is 0 Å². The van der Waals surface area contributed by atoms with Crippen LogP contribution in [0.3, 0.4) is 0 Å². The molecule has 1 aliphatic carbocycles. The van der Waals surface area contributed by atoms with Crippen LogP contribution in [-0.4, -0.2) is 49.0 Å². The standard InChI is InChI=1S/C19H34N4O/c1-3-5-9-13-21-19(20-4-2)22-17-12-14-23(15-17)18(24)16-10-7-6-8-11-16/h3,5,16-17H,4,6-15H2,1-2H3,(H2,20,21,22)/b5-3+. The Bertz CT molecular complexity index is 441. The smallest absolute Gasteiger partial charge is 0.225 e.